The highest BCUT2D eigenvalue weighted by Crippen LogP contribution is 2.19. The third-order valence-corrected chi connectivity index (χ3v) is 6.37. The van der Waals surface area contributed by atoms with Crippen molar-refractivity contribution in [3.8, 4) is 0 Å². The average molecular weight is 442 g/mol. The highest BCUT2D eigenvalue weighted by Gasteiger charge is 2.22. The van der Waals surface area contributed by atoms with E-state index in [1.54, 1.807) is 42.5 Å². The molecule has 0 aliphatic carbocycles. The largest absolute Gasteiger partial charge is 0.465 e. The van der Waals surface area contributed by atoms with E-state index in [1.807, 2.05) is 6.92 Å². The Kier molecular flexibility index (Phi) is 6.57. The minimum atomic E-state index is -3.69. The molecule has 0 fully saturated rings. The molecule has 3 rings (SSSR count). The van der Waals surface area contributed by atoms with Crippen LogP contribution in [0.1, 0.15) is 32.2 Å². The second kappa shape index (κ2) is 9.15. The van der Waals surface area contributed by atoms with Gasteiger partial charge in [-0.15, -0.1) is 0 Å². The van der Waals surface area contributed by atoms with Crippen LogP contribution < -0.4 is 5.32 Å². The molecule has 2 aromatic carbocycles. The summed E-state index contributed by atoms with van der Waals surface area (Å²) in [6, 6.07) is 15.8. The van der Waals surface area contributed by atoms with Gasteiger partial charge in [0.2, 0.25) is 10.0 Å². The van der Waals surface area contributed by atoms with Crippen molar-refractivity contribution in [2.75, 3.05) is 19.5 Å². The number of carbonyl (C=O) groups is 2. The molecule has 0 aliphatic heterocycles. The van der Waals surface area contributed by atoms with Crippen molar-refractivity contribution in [3.63, 3.8) is 0 Å². The van der Waals surface area contributed by atoms with Gasteiger partial charge in [-0.25, -0.2) is 13.2 Å². The van der Waals surface area contributed by atoms with Gasteiger partial charge in [-0.1, -0.05) is 17.7 Å². The Hall–Kier alpha value is -3.43. The van der Waals surface area contributed by atoms with E-state index in [9.17, 15) is 18.0 Å². The van der Waals surface area contributed by atoms with Gasteiger partial charge >= 0.3 is 5.97 Å². The second-order valence-electron chi connectivity index (χ2n) is 6.86. The van der Waals surface area contributed by atoms with Crippen LogP contribution in [0.15, 0.2) is 70.0 Å². The minimum absolute atomic E-state index is 0.0304. The van der Waals surface area contributed by atoms with Crippen molar-refractivity contribution in [1.82, 2.24) is 4.31 Å². The lowest BCUT2D eigenvalue weighted by Gasteiger charge is -2.16. The predicted octanol–water partition coefficient (Wildman–Crippen LogP) is 3.45. The van der Waals surface area contributed by atoms with Crippen molar-refractivity contribution in [3.05, 3.63) is 83.3 Å². The van der Waals surface area contributed by atoms with Crippen molar-refractivity contribution in [1.29, 1.82) is 0 Å². The van der Waals surface area contributed by atoms with Crippen LogP contribution in [-0.2, 0) is 21.3 Å². The predicted molar refractivity (Wildman–Crippen MR) is 114 cm³/mol. The molecule has 0 bridgehead atoms. The van der Waals surface area contributed by atoms with Crippen LogP contribution in [0.5, 0.6) is 0 Å². The highest BCUT2D eigenvalue weighted by molar-refractivity contribution is 7.89. The number of hydrogen-bond donors (Lipinski definition) is 1. The number of sulfonamides is 1. The molecule has 31 heavy (non-hydrogen) atoms. The van der Waals surface area contributed by atoms with Gasteiger partial charge in [0, 0.05) is 12.7 Å². The number of rotatable bonds is 7. The van der Waals surface area contributed by atoms with Gasteiger partial charge in [-0.2, -0.15) is 4.31 Å². The summed E-state index contributed by atoms with van der Waals surface area (Å²) in [7, 11) is -0.959. The lowest BCUT2D eigenvalue weighted by molar-refractivity contribution is 0.0600. The van der Waals surface area contributed by atoms with Crippen LogP contribution in [0.4, 0.5) is 5.69 Å². The van der Waals surface area contributed by atoms with E-state index in [2.05, 4.69) is 10.1 Å². The monoisotopic (exact) mass is 442 g/mol. The fourth-order valence-corrected chi connectivity index (χ4v) is 3.92. The first-order chi connectivity index (χ1) is 14.7. The summed E-state index contributed by atoms with van der Waals surface area (Å²) in [4.78, 5) is 24.1. The molecule has 3 aromatic rings. The molecule has 1 heterocycles. The van der Waals surface area contributed by atoms with Crippen LogP contribution in [0.2, 0.25) is 0 Å². The maximum Gasteiger partial charge on any atom is 0.337 e. The number of methoxy groups -OCH3 is 1. The maximum absolute atomic E-state index is 12.7. The number of amides is 1. The summed E-state index contributed by atoms with van der Waals surface area (Å²) in [5.74, 6) is -0.614. The smallest absolute Gasteiger partial charge is 0.337 e. The Bertz CT molecular complexity index is 1180. The number of carbonyl (C=O) groups excluding carboxylic acids is 2. The third-order valence-electron chi connectivity index (χ3n) is 4.56. The summed E-state index contributed by atoms with van der Waals surface area (Å²) in [5.41, 5.74) is 1.79. The molecule has 9 heteroatoms. The van der Waals surface area contributed by atoms with E-state index in [4.69, 9.17) is 4.42 Å². The number of nitrogens with one attached hydrogen (secondary N) is 1. The van der Waals surface area contributed by atoms with Crippen molar-refractivity contribution in [2.24, 2.45) is 0 Å². The van der Waals surface area contributed by atoms with Gasteiger partial charge < -0.3 is 14.5 Å². The Balaban J connectivity index is 1.66. The number of furan rings is 1. The molecule has 0 radical (unpaired) electrons. The fourth-order valence-electron chi connectivity index (χ4n) is 2.78. The molecule has 1 amide bonds. The van der Waals surface area contributed by atoms with E-state index in [0.29, 0.717) is 17.0 Å². The van der Waals surface area contributed by atoms with E-state index < -0.39 is 21.9 Å². The number of ether oxygens (including phenoxy) is 1. The number of nitrogens with zero attached hydrogens (tertiary/aromatic N) is 1. The second-order valence-corrected chi connectivity index (χ2v) is 8.91. The van der Waals surface area contributed by atoms with Gasteiger partial charge in [0.25, 0.3) is 5.91 Å². The van der Waals surface area contributed by atoms with Crippen LogP contribution in [0.3, 0.4) is 0 Å². The average Bonchev–Trinajstić information content (AvgIpc) is 3.22. The number of aryl methyl sites for hydroxylation is 1. The highest BCUT2D eigenvalue weighted by atomic mass is 32.2. The van der Waals surface area contributed by atoms with Crippen molar-refractivity contribution >= 4 is 27.6 Å². The van der Waals surface area contributed by atoms with Gasteiger partial charge in [0.1, 0.15) is 5.76 Å². The quantitative estimate of drug-likeness (QED) is 0.562. The molecule has 0 saturated heterocycles. The maximum atomic E-state index is 12.7. The molecule has 0 unspecified atom stereocenters. The number of benzene rings is 2. The van der Waals surface area contributed by atoms with Crippen LogP contribution in [-0.4, -0.2) is 38.8 Å². The summed E-state index contributed by atoms with van der Waals surface area (Å²) in [5, 5.41) is 2.65. The molecule has 1 aromatic heterocycles. The Labute approximate surface area is 180 Å². The summed E-state index contributed by atoms with van der Waals surface area (Å²) in [6.07, 6.45) is 0. The third kappa shape index (κ3) is 5.19. The Morgan fingerprint density at radius 2 is 1.65 bits per heavy atom. The first-order valence-corrected chi connectivity index (χ1v) is 10.8. The standard InChI is InChI=1S/C22H22N2O6S/c1-15-4-11-19(12-5-15)31(27,28)24(2)14-18-10-13-20(30-18)21(25)23-17-8-6-16(7-9-17)22(26)29-3/h4-13H,14H2,1-3H3,(H,23,25). The zero-order valence-electron chi connectivity index (χ0n) is 17.3. The van der Waals surface area contributed by atoms with E-state index >= 15 is 0 Å². The summed E-state index contributed by atoms with van der Waals surface area (Å²) < 4.78 is 36.7. The molecule has 162 valence electrons. The molecule has 0 aliphatic rings. The number of esters is 1. The van der Waals surface area contributed by atoms with Gasteiger partial charge in [0.05, 0.1) is 24.1 Å². The van der Waals surface area contributed by atoms with Gasteiger partial charge in [0.15, 0.2) is 5.76 Å². The lowest BCUT2D eigenvalue weighted by Crippen LogP contribution is -2.26. The number of anilines is 1. The summed E-state index contributed by atoms with van der Waals surface area (Å²) >= 11 is 0. The molecule has 0 atom stereocenters. The first kappa shape index (κ1) is 22.3. The molecule has 0 spiro atoms. The topological polar surface area (TPSA) is 106 Å². The van der Waals surface area contributed by atoms with Crippen LogP contribution in [0.25, 0.3) is 0 Å². The molecular weight excluding hydrogens is 420 g/mol. The minimum Gasteiger partial charge on any atom is -0.465 e. The van der Waals surface area contributed by atoms with Gasteiger partial charge in [-0.05, 0) is 55.5 Å². The van der Waals surface area contributed by atoms with Crippen LogP contribution in [0, 0.1) is 6.92 Å². The van der Waals surface area contributed by atoms with Crippen molar-refractivity contribution < 1.29 is 27.2 Å². The first-order valence-electron chi connectivity index (χ1n) is 9.32. The SMILES string of the molecule is COC(=O)c1ccc(NC(=O)c2ccc(CN(C)S(=O)(=O)c3ccc(C)cc3)o2)cc1. The zero-order chi connectivity index (χ0) is 22.6. The normalized spacial score (nSPS) is 11.4. The van der Waals surface area contributed by atoms with E-state index in [0.717, 1.165) is 9.87 Å². The zero-order valence-corrected chi connectivity index (χ0v) is 18.1. The Morgan fingerprint density at radius 1 is 1.00 bits per heavy atom. The lowest BCUT2D eigenvalue weighted by atomic mass is 10.2. The molecule has 0 saturated carbocycles. The van der Waals surface area contributed by atoms with Gasteiger partial charge in [-0.3, -0.25) is 4.79 Å². The van der Waals surface area contributed by atoms with E-state index in [1.165, 1.54) is 32.4 Å². The van der Waals surface area contributed by atoms with E-state index in [-0.39, 0.29) is 17.2 Å². The molecule has 8 nitrogen and oxygen atoms in total. The molecule has 1 N–H and O–H groups in total. The van der Waals surface area contributed by atoms with Crippen LogP contribution >= 0.6 is 0 Å². The molecular formula is C22H22N2O6S. The number of hydrogen-bond acceptors (Lipinski definition) is 6. The fraction of sp³-hybridized carbons (Fsp3) is 0.182. The summed E-state index contributed by atoms with van der Waals surface area (Å²) in [6.45, 7) is 1.85. The Morgan fingerprint density at radius 3 is 2.26 bits per heavy atom. The van der Waals surface area contributed by atoms with Crippen molar-refractivity contribution in [2.45, 2.75) is 18.4 Å².